The third kappa shape index (κ3) is 2.53. The fourth-order valence-corrected chi connectivity index (χ4v) is 3.82. The predicted octanol–water partition coefficient (Wildman–Crippen LogP) is 1.18. The SMILES string of the molecule is CCCCOC(=O)N1C[C@]2(C[C@H]1C(N)=O)C(=O)Nc1c3ccccc3nn12. The first kappa shape index (κ1) is 17.3. The van der Waals surface area contributed by atoms with Crippen LogP contribution in [0, 0.1) is 0 Å². The van der Waals surface area contributed by atoms with Crippen LogP contribution in [-0.4, -0.2) is 51.8 Å². The second kappa shape index (κ2) is 6.26. The van der Waals surface area contributed by atoms with Crippen LogP contribution in [-0.2, 0) is 19.9 Å². The smallest absolute Gasteiger partial charge is 0.410 e. The Balaban J connectivity index is 1.71. The molecule has 2 aromatic rings. The number of ether oxygens (including phenoxy) is 1. The number of hydrogen-bond donors (Lipinski definition) is 2. The molecule has 1 saturated heterocycles. The minimum atomic E-state index is -1.17. The van der Waals surface area contributed by atoms with E-state index >= 15 is 0 Å². The lowest BCUT2D eigenvalue weighted by molar-refractivity contribution is -0.123. The number of hydrogen-bond acceptors (Lipinski definition) is 5. The number of rotatable bonds is 4. The van der Waals surface area contributed by atoms with Crippen LogP contribution >= 0.6 is 0 Å². The topological polar surface area (TPSA) is 120 Å². The number of unbranched alkanes of at least 4 members (excludes halogenated alkanes) is 1. The van der Waals surface area contributed by atoms with Gasteiger partial charge in [-0.3, -0.25) is 14.5 Å². The minimum Gasteiger partial charge on any atom is -0.449 e. The normalized spacial score (nSPS) is 23.7. The van der Waals surface area contributed by atoms with Crippen molar-refractivity contribution >= 4 is 34.6 Å². The van der Waals surface area contributed by atoms with Gasteiger partial charge in [0.1, 0.15) is 11.9 Å². The second-order valence-corrected chi connectivity index (χ2v) is 6.98. The lowest BCUT2D eigenvalue weighted by Crippen LogP contribution is -2.45. The summed E-state index contributed by atoms with van der Waals surface area (Å²) < 4.78 is 6.84. The number of nitrogens with zero attached hydrogens (tertiary/aromatic N) is 3. The first-order chi connectivity index (χ1) is 13.0. The van der Waals surface area contributed by atoms with Crippen LogP contribution in [0.1, 0.15) is 26.2 Å². The van der Waals surface area contributed by atoms with Crippen LogP contribution in [0.5, 0.6) is 0 Å². The van der Waals surface area contributed by atoms with Gasteiger partial charge < -0.3 is 15.8 Å². The molecule has 2 aliphatic heterocycles. The van der Waals surface area contributed by atoms with Gasteiger partial charge in [-0.15, -0.1) is 0 Å². The van der Waals surface area contributed by atoms with E-state index in [1.807, 2.05) is 31.2 Å². The van der Waals surface area contributed by atoms with Gasteiger partial charge in [0.25, 0.3) is 5.91 Å². The van der Waals surface area contributed by atoms with Crippen molar-refractivity contribution < 1.29 is 19.1 Å². The van der Waals surface area contributed by atoms with Crippen molar-refractivity contribution in [1.29, 1.82) is 0 Å². The van der Waals surface area contributed by atoms with E-state index in [0.29, 0.717) is 5.82 Å². The molecular formula is C18H21N5O4. The number of carbonyl (C=O) groups is 3. The molecule has 4 rings (SSSR count). The molecule has 0 unspecified atom stereocenters. The van der Waals surface area contributed by atoms with Gasteiger partial charge in [0.15, 0.2) is 5.54 Å². The summed E-state index contributed by atoms with van der Waals surface area (Å²) in [5, 5.41) is 8.21. The molecule has 3 N–H and O–H groups in total. The molecule has 0 bridgehead atoms. The van der Waals surface area contributed by atoms with Crippen LogP contribution in [0.25, 0.3) is 10.9 Å². The fraction of sp³-hybridized carbons (Fsp3) is 0.444. The Labute approximate surface area is 155 Å². The third-order valence-electron chi connectivity index (χ3n) is 5.26. The van der Waals surface area contributed by atoms with Crippen LogP contribution in [0.4, 0.5) is 10.6 Å². The highest BCUT2D eigenvalue weighted by Gasteiger charge is 2.59. The Kier molecular flexibility index (Phi) is 4.01. The van der Waals surface area contributed by atoms with Gasteiger partial charge in [0.2, 0.25) is 5.91 Å². The highest BCUT2D eigenvalue weighted by Crippen LogP contribution is 2.43. The molecule has 9 heteroatoms. The van der Waals surface area contributed by atoms with Gasteiger partial charge in [-0.25, -0.2) is 9.48 Å². The van der Waals surface area contributed by atoms with E-state index < -0.39 is 23.6 Å². The largest absolute Gasteiger partial charge is 0.449 e. The van der Waals surface area contributed by atoms with Crippen LogP contribution < -0.4 is 11.1 Å². The lowest BCUT2D eigenvalue weighted by Gasteiger charge is -2.23. The fourth-order valence-electron chi connectivity index (χ4n) is 3.82. The Bertz CT molecular complexity index is 939. The lowest BCUT2D eigenvalue weighted by atomic mass is 9.96. The number of aromatic nitrogens is 2. The van der Waals surface area contributed by atoms with Gasteiger partial charge in [-0.05, 0) is 18.6 Å². The summed E-state index contributed by atoms with van der Waals surface area (Å²) in [7, 11) is 0. The quantitative estimate of drug-likeness (QED) is 0.782. The zero-order valence-electron chi connectivity index (χ0n) is 15.0. The number of carbonyl (C=O) groups excluding carboxylic acids is 3. The van der Waals surface area contributed by atoms with Crippen LogP contribution in [0.3, 0.4) is 0 Å². The van der Waals surface area contributed by atoms with Gasteiger partial charge in [-0.2, -0.15) is 5.10 Å². The average Bonchev–Trinajstić information content (AvgIpc) is 3.29. The second-order valence-electron chi connectivity index (χ2n) is 6.98. The molecule has 1 aromatic carbocycles. The molecule has 27 heavy (non-hydrogen) atoms. The number of nitrogens with one attached hydrogen (secondary N) is 1. The van der Waals surface area contributed by atoms with Gasteiger partial charge in [0, 0.05) is 11.8 Å². The Morgan fingerprint density at radius 3 is 2.93 bits per heavy atom. The Hall–Kier alpha value is -3.10. The van der Waals surface area contributed by atoms with Crippen molar-refractivity contribution in [2.24, 2.45) is 5.73 Å². The predicted molar refractivity (Wildman–Crippen MR) is 96.9 cm³/mol. The van der Waals surface area contributed by atoms with Crippen molar-refractivity contribution in [2.45, 2.75) is 37.8 Å². The standard InChI is InChI=1S/C18H21N5O4/c1-2-3-8-27-17(26)22-10-18(9-13(22)14(19)24)16(25)20-15-11-6-4-5-7-12(11)21-23(15)18/h4-7,13H,2-3,8-10H2,1H3,(H2,19,24)(H,20,25)/t13-,18+/m0/s1. The van der Waals surface area contributed by atoms with E-state index in [1.165, 1.54) is 4.90 Å². The van der Waals surface area contributed by atoms with Gasteiger partial charge in [-0.1, -0.05) is 25.5 Å². The molecule has 142 valence electrons. The molecule has 9 nitrogen and oxygen atoms in total. The molecule has 3 amide bonds. The number of benzene rings is 1. The summed E-state index contributed by atoms with van der Waals surface area (Å²) in [6, 6.07) is 6.50. The van der Waals surface area contributed by atoms with Crippen molar-refractivity contribution in [3.8, 4) is 0 Å². The minimum absolute atomic E-state index is 0.0155. The number of amides is 3. The van der Waals surface area contributed by atoms with Crippen LogP contribution in [0.15, 0.2) is 24.3 Å². The van der Waals surface area contributed by atoms with Crippen LogP contribution in [0.2, 0.25) is 0 Å². The molecular weight excluding hydrogens is 350 g/mol. The number of fused-ring (bicyclic) bond motifs is 4. The zero-order valence-corrected chi connectivity index (χ0v) is 15.0. The van der Waals surface area contributed by atoms with E-state index in [1.54, 1.807) is 4.68 Å². The van der Waals surface area contributed by atoms with Crippen molar-refractivity contribution in [3.05, 3.63) is 24.3 Å². The zero-order chi connectivity index (χ0) is 19.2. The maximum Gasteiger partial charge on any atom is 0.410 e. The summed E-state index contributed by atoms with van der Waals surface area (Å²) in [4.78, 5) is 38.6. The summed E-state index contributed by atoms with van der Waals surface area (Å²) in [6.07, 6.45) is 1.03. The highest BCUT2D eigenvalue weighted by molar-refractivity contribution is 6.08. The summed E-state index contributed by atoms with van der Waals surface area (Å²) in [5.41, 5.74) is 5.08. The van der Waals surface area contributed by atoms with Crippen molar-refractivity contribution in [2.75, 3.05) is 18.5 Å². The Morgan fingerprint density at radius 1 is 1.41 bits per heavy atom. The molecule has 0 radical (unpaired) electrons. The molecule has 1 aromatic heterocycles. The molecule has 1 fully saturated rings. The van der Waals surface area contributed by atoms with E-state index in [2.05, 4.69) is 10.4 Å². The highest BCUT2D eigenvalue weighted by atomic mass is 16.6. The molecule has 0 saturated carbocycles. The van der Waals surface area contributed by atoms with Crippen molar-refractivity contribution in [3.63, 3.8) is 0 Å². The molecule has 1 spiro atoms. The molecule has 2 aliphatic rings. The van der Waals surface area contributed by atoms with E-state index in [9.17, 15) is 14.4 Å². The molecule has 0 aliphatic carbocycles. The Morgan fingerprint density at radius 2 is 2.19 bits per heavy atom. The first-order valence-electron chi connectivity index (χ1n) is 9.00. The van der Waals surface area contributed by atoms with Crippen molar-refractivity contribution in [1.82, 2.24) is 14.7 Å². The van der Waals surface area contributed by atoms with Gasteiger partial charge in [0.05, 0.1) is 18.7 Å². The molecule has 3 heterocycles. The third-order valence-corrected chi connectivity index (χ3v) is 5.26. The summed E-state index contributed by atoms with van der Waals surface area (Å²) >= 11 is 0. The van der Waals surface area contributed by atoms with E-state index in [-0.39, 0.29) is 25.5 Å². The van der Waals surface area contributed by atoms with Gasteiger partial charge >= 0.3 is 6.09 Å². The number of primary amides is 1. The number of nitrogens with two attached hydrogens (primary N) is 1. The summed E-state index contributed by atoms with van der Waals surface area (Å²) in [5.74, 6) is -0.400. The maximum absolute atomic E-state index is 12.9. The summed E-state index contributed by atoms with van der Waals surface area (Å²) in [6.45, 7) is 2.23. The first-order valence-corrected chi connectivity index (χ1v) is 9.00. The van der Waals surface area contributed by atoms with E-state index in [0.717, 1.165) is 23.7 Å². The number of likely N-dealkylation sites (tertiary alicyclic amines) is 1. The van der Waals surface area contributed by atoms with E-state index in [4.69, 9.17) is 10.5 Å². The number of anilines is 1. The maximum atomic E-state index is 12.9. The monoisotopic (exact) mass is 371 g/mol. The molecule has 2 atom stereocenters. The average molecular weight is 371 g/mol.